The summed E-state index contributed by atoms with van der Waals surface area (Å²) in [5, 5.41) is 7.55. The summed E-state index contributed by atoms with van der Waals surface area (Å²) in [6, 6.07) is 23.5. The second kappa shape index (κ2) is 18.3. The Morgan fingerprint density at radius 2 is 1.29 bits per heavy atom. The average Bonchev–Trinajstić information content (AvgIpc) is 3.85. The van der Waals surface area contributed by atoms with E-state index in [-0.39, 0.29) is 0 Å². The standard InChI is InChI=1S/C42H61N9/c43-35-20-22-36(23-21-35)46-42-47-40(39-41(48-42)51(32-44-39)38-18-7-8-19-38)45-37-24-30-50(31-25-37)29-11-28-49(26-9-16-33-12-3-1-4-13-33)27-10-17-34-14-5-2-6-15-34/h1-6,12-15,32,35-38H,7-11,16-31,43H2,(H2,45,46,47,48). The van der Waals surface area contributed by atoms with Crippen LogP contribution < -0.4 is 16.4 Å². The lowest BCUT2D eigenvalue weighted by Crippen LogP contribution is -2.40. The van der Waals surface area contributed by atoms with Crippen LogP contribution in [-0.2, 0) is 12.8 Å². The van der Waals surface area contributed by atoms with Crippen LogP contribution in [-0.4, -0.2) is 86.7 Å². The van der Waals surface area contributed by atoms with Crippen molar-refractivity contribution in [1.29, 1.82) is 0 Å². The predicted octanol–water partition coefficient (Wildman–Crippen LogP) is 7.46. The van der Waals surface area contributed by atoms with Gasteiger partial charge < -0.3 is 30.7 Å². The van der Waals surface area contributed by atoms with Gasteiger partial charge in [0.1, 0.15) is 0 Å². The zero-order valence-corrected chi connectivity index (χ0v) is 30.8. The maximum Gasteiger partial charge on any atom is 0.227 e. The Kier molecular flexibility index (Phi) is 12.9. The van der Waals surface area contributed by atoms with Gasteiger partial charge in [0, 0.05) is 37.3 Å². The molecule has 0 atom stereocenters. The number of piperidine rings is 1. The number of nitrogens with two attached hydrogens (primary N) is 1. The normalized spacial score (nSPS) is 20.7. The maximum atomic E-state index is 6.20. The molecule has 2 aliphatic carbocycles. The Morgan fingerprint density at radius 3 is 1.94 bits per heavy atom. The van der Waals surface area contributed by atoms with Gasteiger partial charge in [-0.2, -0.15) is 9.97 Å². The number of fused-ring (bicyclic) bond motifs is 1. The lowest BCUT2D eigenvalue weighted by atomic mass is 9.92. The molecule has 2 saturated carbocycles. The fraction of sp³-hybridized carbons (Fsp3) is 0.595. The number of hydrogen-bond donors (Lipinski definition) is 3. The first kappa shape index (κ1) is 35.9. The molecule has 1 aliphatic heterocycles. The van der Waals surface area contributed by atoms with Crippen molar-refractivity contribution in [2.75, 3.05) is 49.9 Å². The smallest absolute Gasteiger partial charge is 0.227 e. The first-order valence-electron chi connectivity index (χ1n) is 20.2. The molecule has 2 aromatic carbocycles. The topological polar surface area (TPSA) is 100 Å². The summed E-state index contributed by atoms with van der Waals surface area (Å²) in [5.41, 5.74) is 11.0. The molecule has 3 fully saturated rings. The second-order valence-corrected chi connectivity index (χ2v) is 15.5. The Balaban J connectivity index is 0.914. The fourth-order valence-electron chi connectivity index (χ4n) is 8.63. The minimum atomic E-state index is 0.326. The van der Waals surface area contributed by atoms with E-state index in [1.807, 2.05) is 6.33 Å². The highest BCUT2D eigenvalue weighted by atomic mass is 15.2. The Labute approximate surface area is 305 Å². The molecule has 0 unspecified atom stereocenters. The highest BCUT2D eigenvalue weighted by Gasteiger charge is 2.26. The van der Waals surface area contributed by atoms with Crippen molar-refractivity contribution in [2.45, 2.75) is 120 Å². The molecule has 0 bridgehead atoms. The van der Waals surface area contributed by atoms with Crippen molar-refractivity contribution < 1.29 is 0 Å². The molecule has 9 heteroatoms. The highest BCUT2D eigenvalue weighted by molar-refractivity contribution is 5.84. The fourth-order valence-corrected chi connectivity index (χ4v) is 8.63. The molecule has 3 heterocycles. The SMILES string of the molecule is NC1CCC(Nc2nc(NC3CCN(CCCN(CCCc4ccccc4)CCCc4ccccc4)CC3)c3ncn(C4CCCC4)c3n2)CC1. The van der Waals surface area contributed by atoms with Crippen molar-refractivity contribution in [2.24, 2.45) is 5.73 Å². The molecule has 1 saturated heterocycles. The summed E-state index contributed by atoms with van der Waals surface area (Å²) in [7, 11) is 0. The summed E-state index contributed by atoms with van der Waals surface area (Å²) in [4.78, 5) is 20.4. The number of nitrogens with one attached hydrogen (secondary N) is 2. The quantitative estimate of drug-likeness (QED) is 0.105. The largest absolute Gasteiger partial charge is 0.365 e. The number of aromatic nitrogens is 4. The van der Waals surface area contributed by atoms with Gasteiger partial charge in [-0.1, -0.05) is 73.5 Å². The highest BCUT2D eigenvalue weighted by Crippen LogP contribution is 2.34. The van der Waals surface area contributed by atoms with E-state index < -0.39 is 0 Å². The third kappa shape index (κ3) is 10.3. The van der Waals surface area contributed by atoms with Crippen LogP contribution in [0.15, 0.2) is 67.0 Å². The van der Waals surface area contributed by atoms with Crippen molar-refractivity contribution in [3.63, 3.8) is 0 Å². The third-order valence-corrected chi connectivity index (χ3v) is 11.7. The summed E-state index contributed by atoms with van der Waals surface area (Å²) < 4.78 is 2.33. The Bertz CT molecular complexity index is 1540. The molecule has 51 heavy (non-hydrogen) atoms. The number of anilines is 2. The second-order valence-electron chi connectivity index (χ2n) is 15.5. The molecule has 4 N–H and O–H groups in total. The number of nitrogens with zero attached hydrogens (tertiary/aromatic N) is 6. The summed E-state index contributed by atoms with van der Waals surface area (Å²) >= 11 is 0. The molecule has 3 aliphatic rings. The van der Waals surface area contributed by atoms with Crippen LogP contribution in [0.25, 0.3) is 11.2 Å². The van der Waals surface area contributed by atoms with Crippen LogP contribution in [0.1, 0.15) is 101 Å². The number of likely N-dealkylation sites (tertiary alicyclic amines) is 1. The number of aryl methyl sites for hydroxylation is 2. The monoisotopic (exact) mass is 692 g/mol. The molecule has 2 aromatic heterocycles. The van der Waals surface area contributed by atoms with Crippen LogP contribution >= 0.6 is 0 Å². The lowest BCUT2D eigenvalue weighted by molar-refractivity contribution is 0.194. The Hall–Kier alpha value is -3.53. The maximum absolute atomic E-state index is 6.20. The number of rotatable bonds is 17. The van der Waals surface area contributed by atoms with E-state index >= 15 is 0 Å². The predicted molar refractivity (Wildman–Crippen MR) is 210 cm³/mol. The zero-order valence-electron chi connectivity index (χ0n) is 30.8. The van der Waals surface area contributed by atoms with Gasteiger partial charge >= 0.3 is 0 Å². The first-order chi connectivity index (χ1) is 25.2. The zero-order chi connectivity index (χ0) is 34.7. The van der Waals surface area contributed by atoms with Gasteiger partial charge in [-0.05, 0) is 121 Å². The van der Waals surface area contributed by atoms with Crippen LogP contribution in [0.2, 0.25) is 0 Å². The van der Waals surface area contributed by atoms with E-state index in [9.17, 15) is 0 Å². The summed E-state index contributed by atoms with van der Waals surface area (Å²) in [6.45, 7) is 6.93. The minimum Gasteiger partial charge on any atom is -0.365 e. The van der Waals surface area contributed by atoms with Gasteiger partial charge in [0.05, 0.1) is 6.33 Å². The van der Waals surface area contributed by atoms with E-state index in [0.717, 1.165) is 87.4 Å². The summed E-state index contributed by atoms with van der Waals surface area (Å²) in [5.74, 6) is 1.63. The van der Waals surface area contributed by atoms with E-state index in [1.54, 1.807) is 0 Å². The Morgan fingerprint density at radius 1 is 0.686 bits per heavy atom. The van der Waals surface area contributed by atoms with Gasteiger partial charge in [-0.3, -0.25) is 0 Å². The number of benzene rings is 2. The number of imidazole rings is 1. The van der Waals surface area contributed by atoms with E-state index in [1.165, 1.54) is 82.3 Å². The van der Waals surface area contributed by atoms with Gasteiger partial charge in [0.25, 0.3) is 0 Å². The third-order valence-electron chi connectivity index (χ3n) is 11.7. The van der Waals surface area contributed by atoms with Gasteiger partial charge in [-0.25, -0.2) is 4.98 Å². The van der Waals surface area contributed by atoms with Crippen LogP contribution in [0, 0.1) is 0 Å². The minimum absolute atomic E-state index is 0.326. The molecule has 274 valence electrons. The molecule has 0 radical (unpaired) electrons. The molecule has 9 nitrogen and oxygen atoms in total. The van der Waals surface area contributed by atoms with Crippen LogP contribution in [0.4, 0.5) is 11.8 Å². The van der Waals surface area contributed by atoms with Gasteiger partial charge in [-0.15, -0.1) is 0 Å². The molecule has 0 amide bonds. The van der Waals surface area contributed by atoms with Crippen molar-refractivity contribution in [3.05, 3.63) is 78.1 Å². The van der Waals surface area contributed by atoms with Gasteiger partial charge in [0.2, 0.25) is 5.95 Å². The molecule has 0 spiro atoms. The lowest BCUT2D eigenvalue weighted by Gasteiger charge is -2.33. The van der Waals surface area contributed by atoms with Gasteiger partial charge in [0.15, 0.2) is 17.0 Å². The van der Waals surface area contributed by atoms with Crippen molar-refractivity contribution >= 4 is 22.9 Å². The van der Waals surface area contributed by atoms with Crippen LogP contribution in [0.5, 0.6) is 0 Å². The van der Waals surface area contributed by atoms with E-state index in [4.69, 9.17) is 20.7 Å². The van der Waals surface area contributed by atoms with E-state index in [2.05, 4.69) is 85.7 Å². The number of hydrogen-bond acceptors (Lipinski definition) is 8. The molecular formula is C42H61N9. The molecule has 4 aromatic rings. The first-order valence-corrected chi connectivity index (χ1v) is 20.2. The van der Waals surface area contributed by atoms with Crippen LogP contribution in [0.3, 0.4) is 0 Å². The summed E-state index contributed by atoms with van der Waals surface area (Å²) in [6.07, 6.45) is 19.5. The van der Waals surface area contributed by atoms with Crippen molar-refractivity contribution in [1.82, 2.24) is 29.3 Å². The average molecular weight is 692 g/mol. The molecular weight excluding hydrogens is 631 g/mol. The molecule has 7 rings (SSSR count). The van der Waals surface area contributed by atoms with Crippen molar-refractivity contribution in [3.8, 4) is 0 Å². The van der Waals surface area contributed by atoms with E-state index in [0.29, 0.717) is 24.2 Å².